The molecule has 5 rings (SSSR count). The molecule has 0 spiro atoms. The highest BCUT2D eigenvalue weighted by molar-refractivity contribution is 8.49. The van der Waals surface area contributed by atoms with Gasteiger partial charge < -0.3 is 0 Å². The molecule has 0 aromatic heterocycles. The lowest BCUT2D eigenvalue weighted by Gasteiger charge is -2.07. The molecule has 0 N–H and O–H groups in total. The minimum absolute atomic E-state index is 1.33. The van der Waals surface area contributed by atoms with Gasteiger partial charge in [0.05, 0.1) is 25.4 Å². The van der Waals surface area contributed by atoms with Gasteiger partial charge in [-0.2, -0.15) is 0 Å². The van der Waals surface area contributed by atoms with Crippen molar-refractivity contribution in [1.29, 1.82) is 0 Å². The zero-order chi connectivity index (χ0) is 17.3. The van der Waals surface area contributed by atoms with Crippen LogP contribution in [0.25, 0.3) is 0 Å². The van der Waals surface area contributed by atoms with Crippen LogP contribution in [0.15, 0.2) is 79.8 Å². The molecule has 0 atom stereocenters. The van der Waals surface area contributed by atoms with E-state index in [0.717, 1.165) is 0 Å². The van der Waals surface area contributed by atoms with Crippen LogP contribution in [0.5, 0.6) is 0 Å². The zero-order valence-electron chi connectivity index (χ0n) is 12.7. The number of rotatable bonds is 2. The second kappa shape index (κ2) is 9.06. The maximum Gasteiger partial charge on any atom is 0.0717 e. The monoisotopic (exact) mass is 520 g/mol. The molecule has 0 bridgehead atoms. The molecule has 0 fully saturated rings. The van der Waals surface area contributed by atoms with Crippen LogP contribution >= 0.6 is 118 Å². The van der Waals surface area contributed by atoms with Gasteiger partial charge in [0.2, 0.25) is 0 Å². The fourth-order valence-electron chi connectivity index (χ4n) is 2.09. The summed E-state index contributed by atoms with van der Waals surface area (Å²) < 4.78 is 9.90. The van der Waals surface area contributed by atoms with E-state index in [-0.39, 0.29) is 0 Å². The lowest BCUT2D eigenvalue weighted by Crippen LogP contribution is -1.79. The number of allylic oxidation sites excluding steroid dienone is 3. The molecule has 10 heteroatoms. The summed E-state index contributed by atoms with van der Waals surface area (Å²) in [5, 5.41) is 13.0. The number of hydrogen-bond acceptors (Lipinski definition) is 10. The molecule has 5 aliphatic rings. The van der Waals surface area contributed by atoms with Crippen molar-refractivity contribution in [3.8, 4) is 0 Å². The highest BCUT2D eigenvalue weighted by Crippen LogP contribution is 2.69. The van der Waals surface area contributed by atoms with Crippen LogP contribution in [0, 0.1) is 0 Å². The summed E-state index contributed by atoms with van der Waals surface area (Å²) >= 11 is 18.7. The SMILES string of the molecule is C1=CSC(=CC(C=C2SC3=C(S2)SC(=C2SC=CS2)S3)=C2SC=CS2)S1. The minimum atomic E-state index is 1.33. The van der Waals surface area contributed by atoms with Gasteiger partial charge in [-0.3, -0.25) is 0 Å². The van der Waals surface area contributed by atoms with Gasteiger partial charge in [0, 0.05) is 4.24 Å². The molecular formula is C16H8S10. The molecular weight excluding hydrogens is 513 g/mol. The molecule has 0 aromatic rings. The van der Waals surface area contributed by atoms with Crippen LogP contribution in [0.3, 0.4) is 0 Å². The van der Waals surface area contributed by atoms with Gasteiger partial charge in [-0.15, -0.1) is 0 Å². The maximum absolute atomic E-state index is 2.37. The van der Waals surface area contributed by atoms with E-state index in [9.17, 15) is 0 Å². The quantitative estimate of drug-likeness (QED) is 0.343. The first-order valence-electron chi connectivity index (χ1n) is 7.18. The Morgan fingerprint density at radius 2 is 1.00 bits per heavy atom. The van der Waals surface area contributed by atoms with Crippen molar-refractivity contribution in [2.75, 3.05) is 0 Å². The Bertz CT molecular complexity index is 844. The molecule has 0 nitrogen and oxygen atoms in total. The van der Waals surface area contributed by atoms with E-state index in [4.69, 9.17) is 0 Å². The van der Waals surface area contributed by atoms with Gasteiger partial charge in [0.25, 0.3) is 0 Å². The summed E-state index contributed by atoms with van der Waals surface area (Å²) in [6, 6.07) is 0. The molecule has 0 saturated carbocycles. The van der Waals surface area contributed by atoms with E-state index in [2.05, 4.69) is 44.6 Å². The maximum atomic E-state index is 2.37. The van der Waals surface area contributed by atoms with Gasteiger partial charge in [0.15, 0.2) is 0 Å². The summed E-state index contributed by atoms with van der Waals surface area (Å²) in [4.78, 5) is 0. The smallest absolute Gasteiger partial charge is 0.0717 e. The first-order chi connectivity index (χ1) is 12.8. The van der Waals surface area contributed by atoms with Crippen molar-refractivity contribution in [2.24, 2.45) is 0 Å². The molecule has 26 heavy (non-hydrogen) atoms. The molecule has 0 aliphatic carbocycles. The second-order valence-electron chi connectivity index (χ2n) is 4.75. The fraction of sp³-hybridized carbons (Fsp3) is 0. The van der Waals surface area contributed by atoms with Crippen LogP contribution in [0.4, 0.5) is 0 Å². The first kappa shape index (κ1) is 19.4. The predicted molar refractivity (Wildman–Crippen MR) is 141 cm³/mol. The van der Waals surface area contributed by atoms with Gasteiger partial charge in [-0.1, -0.05) is 118 Å². The van der Waals surface area contributed by atoms with Crippen molar-refractivity contribution in [3.05, 3.63) is 79.8 Å². The zero-order valence-corrected chi connectivity index (χ0v) is 20.9. The lowest BCUT2D eigenvalue weighted by atomic mass is 10.3. The summed E-state index contributed by atoms with van der Waals surface area (Å²) in [7, 11) is 0. The van der Waals surface area contributed by atoms with Crippen LogP contribution in [0.1, 0.15) is 0 Å². The summed E-state index contributed by atoms with van der Waals surface area (Å²) in [5.41, 5.74) is 1.33. The molecule has 0 aromatic carbocycles. The van der Waals surface area contributed by atoms with E-state index < -0.39 is 0 Å². The molecule has 0 radical (unpaired) electrons. The summed E-state index contributed by atoms with van der Waals surface area (Å²) in [6.07, 6.45) is 4.71. The molecule has 0 amide bonds. The Balaban J connectivity index is 1.34. The number of thioether (sulfide) groups is 10. The highest BCUT2D eigenvalue weighted by atomic mass is 32.3. The van der Waals surface area contributed by atoms with Gasteiger partial charge in [-0.25, -0.2) is 0 Å². The van der Waals surface area contributed by atoms with Crippen LogP contribution in [0.2, 0.25) is 0 Å². The van der Waals surface area contributed by atoms with Crippen molar-refractivity contribution < 1.29 is 0 Å². The van der Waals surface area contributed by atoms with E-state index in [0.29, 0.717) is 0 Å². The van der Waals surface area contributed by atoms with E-state index in [1.165, 1.54) is 35.2 Å². The van der Waals surface area contributed by atoms with Crippen LogP contribution in [-0.4, -0.2) is 0 Å². The van der Waals surface area contributed by atoms with Crippen LogP contribution < -0.4 is 0 Å². The third kappa shape index (κ3) is 4.44. The Kier molecular flexibility index (Phi) is 6.75. The topological polar surface area (TPSA) is 0 Å². The molecule has 5 heterocycles. The van der Waals surface area contributed by atoms with E-state index >= 15 is 0 Å². The molecule has 0 unspecified atom stereocenters. The van der Waals surface area contributed by atoms with E-state index in [1.807, 2.05) is 118 Å². The van der Waals surface area contributed by atoms with Gasteiger partial charge in [-0.05, 0) is 50.2 Å². The molecule has 5 aliphatic heterocycles. The average molecular weight is 521 g/mol. The van der Waals surface area contributed by atoms with Crippen molar-refractivity contribution in [3.63, 3.8) is 0 Å². The largest absolute Gasteiger partial charge is 0.0902 e. The van der Waals surface area contributed by atoms with Crippen molar-refractivity contribution >= 4 is 118 Å². The van der Waals surface area contributed by atoms with E-state index in [1.54, 1.807) is 0 Å². The van der Waals surface area contributed by atoms with Crippen molar-refractivity contribution in [1.82, 2.24) is 0 Å². The van der Waals surface area contributed by atoms with Crippen LogP contribution in [-0.2, 0) is 0 Å². The first-order valence-corrected chi connectivity index (χ1v) is 15.7. The Morgan fingerprint density at radius 1 is 0.500 bits per heavy atom. The normalized spacial score (nSPS) is 23.9. The van der Waals surface area contributed by atoms with Gasteiger partial charge >= 0.3 is 0 Å². The van der Waals surface area contributed by atoms with Crippen molar-refractivity contribution in [2.45, 2.75) is 0 Å². The summed E-state index contributed by atoms with van der Waals surface area (Å²) in [6.45, 7) is 0. The second-order valence-corrected chi connectivity index (χ2v) is 16.3. The summed E-state index contributed by atoms with van der Waals surface area (Å²) in [5.74, 6) is 0. The molecule has 0 saturated heterocycles. The standard InChI is InChI=1S/C16H8S10/c1-2-18-10(17-1)7-9(12-19-3-4-20-12)8-11-23-15-16(24-11)26-14(25-15)13-21-5-6-22-13/h1-8H. The predicted octanol–water partition coefficient (Wildman–Crippen LogP) is 9.95. The fourth-order valence-corrected chi connectivity index (χ4v) is 13.9. The Hall–Kier alpha value is 1.42. The third-order valence-corrected chi connectivity index (χ3v) is 15.4. The third-order valence-electron chi connectivity index (χ3n) is 3.11. The Labute approximate surface area is 195 Å². The lowest BCUT2D eigenvalue weighted by molar-refractivity contribution is 1.74. The molecule has 132 valence electrons. The number of hydrogen-bond donors (Lipinski definition) is 0. The average Bonchev–Trinajstić information content (AvgIpc) is 3.41. The Morgan fingerprint density at radius 3 is 1.65 bits per heavy atom. The minimum Gasteiger partial charge on any atom is -0.0902 e. The highest BCUT2D eigenvalue weighted by Gasteiger charge is 2.32. The van der Waals surface area contributed by atoms with Gasteiger partial charge in [0.1, 0.15) is 0 Å².